The molecule has 2 aromatic rings. The number of benzene rings is 1. The van der Waals surface area contributed by atoms with Crippen molar-refractivity contribution >= 4 is 57.1 Å². The lowest BCUT2D eigenvalue weighted by Crippen LogP contribution is -2.20. The summed E-state index contributed by atoms with van der Waals surface area (Å²) in [5.41, 5.74) is 7.37. The largest absolute Gasteiger partial charge is 0.388 e. The maximum absolute atomic E-state index is 10.5. The van der Waals surface area contributed by atoms with E-state index in [0.29, 0.717) is 15.6 Å². The fourth-order valence-corrected chi connectivity index (χ4v) is 4.06. The fraction of sp³-hybridized carbons (Fsp3) is 0.231. The van der Waals surface area contributed by atoms with Crippen LogP contribution in [0.5, 0.6) is 0 Å². The normalized spacial score (nSPS) is 14.4. The third-order valence-corrected chi connectivity index (χ3v) is 5.40. The molecule has 2 rings (SSSR count). The van der Waals surface area contributed by atoms with Gasteiger partial charge in [-0.15, -0.1) is 11.3 Å². The van der Waals surface area contributed by atoms with Gasteiger partial charge in [0.25, 0.3) is 0 Å². The molecule has 0 bridgehead atoms. The Kier molecular flexibility index (Phi) is 5.51. The molecule has 0 radical (unpaired) electrons. The molecule has 0 saturated carbocycles. The second kappa shape index (κ2) is 6.74. The Hall–Kier alpha value is 0.150. The van der Waals surface area contributed by atoms with Crippen molar-refractivity contribution in [1.29, 1.82) is 0 Å². The molecule has 0 spiro atoms. The first-order valence-corrected chi connectivity index (χ1v) is 8.32. The van der Waals surface area contributed by atoms with E-state index < -0.39 is 6.10 Å². The molecular formula is C13H12Cl2INOS. The van der Waals surface area contributed by atoms with E-state index in [2.05, 4.69) is 22.6 Å². The van der Waals surface area contributed by atoms with Gasteiger partial charge in [0.15, 0.2) is 0 Å². The Balaban J connectivity index is 2.39. The first-order valence-electron chi connectivity index (χ1n) is 5.60. The van der Waals surface area contributed by atoms with Crippen LogP contribution in [0.3, 0.4) is 0 Å². The van der Waals surface area contributed by atoms with E-state index in [4.69, 9.17) is 28.9 Å². The van der Waals surface area contributed by atoms with Gasteiger partial charge < -0.3 is 10.8 Å². The Bertz CT molecular complexity index is 555. The average Bonchev–Trinajstić information content (AvgIpc) is 2.80. The Morgan fingerprint density at radius 1 is 1.32 bits per heavy atom. The van der Waals surface area contributed by atoms with Crippen LogP contribution >= 0.6 is 57.1 Å². The molecule has 0 aliphatic heterocycles. The number of nitrogens with two attached hydrogens (primary N) is 1. The molecule has 6 heteroatoms. The zero-order chi connectivity index (χ0) is 14.0. The molecule has 102 valence electrons. The summed E-state index contributed by atoms with van der Waals surface area (Å²) in [6.07, 6.45) is -0.706. The number of hydrogen-bond donors (Lipinski definition) is 2. The van der Waals surface area contributed by atoms with Crippen LogP contribution in [0.25, 0.3) is 0 Å². The standard InChI is InChI=1S/C13H12Cl2INOS/c14-9-2-1-3-10(15)12(9)8(5-17)13(18)7-4-11(16)19-6-7/h1-4,6,8,13,18H,5,17H2. The third kappa shape index (κ3) is 3.43. The van der Waals surface area contributed by atoms with Crippen LogP contribution in [0.4, 0.5) is 0 Å². The Labute approximate surface area is 139 Å². The summed E-state index contributed by atoms with van der Waals surface area (Å²) in [6, 6.07) is 7.25. The van der Waals surface area contributed by atoms with Crippen LogP contribution in [0.15, 0.2) is 29.6 Å². The highest BCUT2D eigenvalue weighted by molar-refractivity contribution is 14.1. The van der Waals surface area contributed by atoms with E-state index in [9.17, 15) is 5.11 Å². The van der Waals surface area contributed by atoms with Crippen LogP contribution in [-0.4, -0.2) is 11.7 Å². The Morgan fingerprint density at radius 2 is 1.95 bits per heavy atom. The van der Waals surface area contributed by atoms with Crippen LogP contribution in [-0.2, 0) is 0 Å². The number of aliphatic hydroxyl groups is 1. The van der Waals surface area contributed by atoms with Crippen LogP contribution in [0.2, 0.25) is 10.0 Å². The van der Waals surface area contributed by atoms with Gasteiger partial charge in [-0.25, -0.2) is 0 Å². The summed E-state index contributed by atoms with van der Waals surface area (Å²) in [7, 11) is 0. The van der Waals surface area contributed by atoms with Crippen molar-refractivity contribution in [3.63, 3.8) is 0 Å². The molecule has 3 N–H and O–H groups in total. The average molecular weight is 428 g/mol. The van der Waals surface area contributed by atoms with Gasteiger partial charge in [0, 0.05) is 22.5 Å². The SMILES string of the molecule is NCC(c1c(Cl)cccc1Cl)C(O)c1csc(I)c1. The van der Waals surface area contributed by atoms with Crippen LogP contribution < -0.4 is 5.73 Å². The molecule has 2 atom stereocenters. The predicted molar refractivity (Wildman–Crippen MR) is 90.3 cm³/mol. The number of thiophene rings is 1. The molecule has 0 saturated heterocycles. The summed E-state index contributed by atoms with van der Waals surface area (Å²) >= 11 is 16.2. The van der Waals surface area contributed by atoms with Crippen molar-refractivity contribution in [1.82, 2.24) is 0 Å². The lowest BCUT2D eigenvalue weighted by molar-refractivity contribution is 0.148. The second-order valence-corrected chi connectivity index (χ2v) is 7.73. The van der Waals surface area contributed by atoms with Crippen molar-refractivity contribution in [2.24, 2.45) is 5.73 Å². The molecule has 0 fully saturated rings. The Morgan fingerprint density at radius 3 is 2.42 bits per heavy atom. The van der Waals surface area contributed by atoms with E-state index >= 15 is 0 Å². The van der Waals surface area contributed by atoms with Crippen molar-refractivity contribution in [2.75, 3.05) is 6.54 Å². The monoisotopic (exact) mass is 427 g/mol. The second-order valence-electron chi connectivity index (χ2n) is 4.11. The maximum Gasteiger partial charge on any atom is 0.0880 e. The van der Waals surface area contributed by atoms with Gasteiger partial charge in [-0.05, 0) is 57.3 Å². The minimum Gasteiger partial charge on any atom is -0.388 e. The molecule has 0 amide bonds. The zero-order valence-corrected chi connectivity index (χ0v) is 14.3. The topological polar surface area (TPSA) is 46.2 Å². The molecule has 1 aromatic heterocycles. The lowest BCUT2D eigenvalue weighted by atomic mass is 9.90. The van der Waals surface area contributed by atoms with Gasteiger partial charge in [0.2, 0.25) is 0 Å². The maximum atomic E-state index is 10.5. The summed E-state index contributed by atoms with van der Waals surface area (Å²) in [5.74, 6) is -0.313. The first kappa shape index (κ1) is 15.5. The highest BCUT2D eigenvalue weighted by atomic mass is 127. The van der Waals surface area contributed by atoms with Gasteiger partial charge in [-0.3, -0.25) is 0 Å². The van der Waals surface area contributed by atoms with E-state index in [0.717, 1.165) is 8.45 Å². The summed E-state index contributed by atoms with van der Waals surface area (Å²) in [4.78, 5) is 0. The minimum absolute atomic E-state index is 0.275. The first-order chi connectivity index (χ1) is 9.04. The highest BCUT2D eigenvalue weighted by Crippen LogP contribution is 2.39. The minimum atomic E-state index is -0.706. The molecule has 2 nitrogen and oxygen atoms in total. The van der Waals surface area contributed by atoms with Gasteiger partial charge >= 0.3 is 0 Å². The predicted octanol–water partition coefficient (Wildman–Crippen LogP) is 4.44. The number of aliphatic hydroxyl groups excluding tert-OH is 1. The fourth-order valence-electron chi connectivity index (χ4n) is 1.98. The molecular weight excluding hydrogens is 416 g/mol. The van der Waals surface area contributed by atoms with Gasteiger partial charge in [0.1, 0.15) is 0 Å². The number of hydrogen-bond acceptors (Lipinski definition) is 3. The quantitative estimate of drug-likeness (QED) is 0.708. The van der Waals surface area contributed by atoms with Crippen molar-refractivity contribution in [3.05, 3.63) is 53.7 Å². The molecule has 2 unspecified atom stereocenters. The van der Waals surface area contributed by atoms with Crippen molar-refractivity contribution < 1.29 is 5.11 Å². The smallest absolute Gasteiger partial charge is 0.0880 e. The lowest BCUT2D eigenvalue weighted by Gasteiger charge is -2.23. The van der Waals surface area contributed by atoms with E-state index in [1.165, 1.54) is 0 Å². The van der Waals surface area contributed by atoms with Gasteiger partial charge in [-0.2, -0.15) is 0 Å². The molecule has 19 heavy (non-hydrogen) atoms. The summed E-state index contributed by atoms with van der Waals surface area (Å²) in [6.45, 7) is 0.275. The van der Waals surface area contributed by atoms with Gasteiger partial charge in [0.05, 0.1) is 8.99 Å². The summed E-state index contributed by atoms with van der Waals surface area (Å²) < 4.78 is 1.12. The molecule has 0 aliphatic carbocycles. The van der Waals surface area contributed by atoms with Crippen LogP contribution in [0.1, 0.15) is 23.1 Å². The molecule has 1 aromatic carbocycles. The highest BCUT2D eigenvalue weighted by Gasteiger charge is 2.26. The van der Waals surface area contributed by atoms with Crippen molar-refractivity contribution in [2.45, 2.75) is 12.0 Å². The van der Waals surface area contributed by atoms with Crippen molar-refractivity contribution in [3.8, 4) is 0 Å². The van der Waals surface area contributed by atoms with Crippen LogP contribution in [0, 0.1) is 2.88 Å². The van der Waals surface area contributed by atoms with Gasteiger partial charge in [-0.1, -0.05) is 29.3 Å². The van der Waals surface area contributed by atoms with E-state index in [1.54, 1.807) is 29.5 Å². The van der Waals surface area contributed by atoms with E-state index in [1.807, 2.05) is 11.4 Å². The molecule has 0 aliphatic rings. The number of halogens is 3. The number of rotatable bonds is 4. The molecule has 1 heterocycles. The van der Waals surface area contributed by atoms with E-state index in [-0.39, 0.29) is 12.5 Å². The third-order valence-electron chi connectivity index (χ3n) is 2.93. The summed E-state index contributed by atoms with van der Waals surface area (Å²) in [5, 5.41) is 13.5. The zero-order valence-electron chi connectivity index (χ0n) is 9.82.